The van der Waals surface area contributed by atoms with Gasteiger partial charge in [0.05, 0.1) is 16.2 Å². The fraction of sp³-hybridized carbons (Fsp3) is 0. The van der Waals surface area contributed by atoms with E-state index < -0.39 is 5.91 Å². The molecule has 0 unspecified atom stereocenters. The summed E-state index contributed by atoms with van der Waals surface area (Å²) < 4.78 is 0.301. The molecule has 0 spiro atoms. The van der Waals surface area contributed by atoms with Gasteiger partial charge in [0.25, 0.3) is 11.8 Å². The first-order chi connectivity index (χ1) is 11.5. The van der Waals surface area contributed by atoms with E-state index in [2.05, 4.69) is 0 Å². The normalized spacial score (nSPS) is 16.0. The Balaban J connectivity index is 2.02. The smallest absolute Gasteiger partial charge is 0.270 e. The first-order valence-corrected chi connectivity index (χ1v) is 8.16. The summed E-state index contributed by atoms with van der Waals surface area (Å²) in [6, 6.07) is 13.2. The fourth-order valence-electron chi connectivity index (χ4n) is 2.30. The number of thiocarbonyl (C=S) groups is 1. The molecule has 3 N–H and O–H groups in total. The summed E-state index contributed by atoms with van der Waals surface area (Å²) >= 11 is 6.39. The van der Waals surface area contributed by atoms with Crippen LogP contribution in [0.3, 0.4) is 0 Å². The number of hydrogen-bond donors (Lipinski definition) is 2. The minimum Gasteiger partial charge on any atom is -0.507 e. The van der Waals surface area contributed by atoms with Crippen LogP contribution in [0.25, 0.3) is 6.08 Å². The van der Waals surface area contributed by atoms with Crippen LogP contribution in [0.1, 0.15) is 15.9 Å². The zero-order valence-corrected chi connectivity index (χ0v) is 13.9. The van der Waals surface area contributed by atoms with Gasteiger partial charge in [-0.2, -0.15) is 0 Å². The molecular formula is C17H12N2O3S2. The molecule has 0 aromatic heterocycles. The second-order valence-corrected chi connectivity index (χ2v) is 6.63. The molecule has 0 saturated carbocycles. The lowest BCUT2D eigenvalue weighted by Crippen LogP contribution is -2.30. The van der Waals surface area contributed by atoms with Gasteiger partial charge in [0, 0.05) is 5.56 Å². The van der Waals surface area contributed by atoms with E-state index in [1.165, 1.54) is 11.0 Å². The van der Waals surface area contributed by atoms with Gasteiger partial charge in [-0.1, -0.05) is 54.3 Å². The van der Waals surface area contributed by atoms with Crippen LogP contribution >= 0.6 is 24.0 Å². The molecule has 2 aromatic carbocycles. The van der Waals surface area contributed by atoms with Crippen molar-refractivity contribution in [3.05, 3.63) is 64.6 Å². The van der Waals surface area contributed by atoms with Gasteiger partial charge >= 0.3 is 0 Å². The quantitative estimate of drug-likeness (QED) is 0.653. The number of amides is 2. The Kier molecular flexibility index (Phi) is 4.37. The summed E-state index contributed by atoms with van der Waals surface area (Å²) in [5.74, 6) is -0.924. The molecule has 2 aromatic rings. The van der Waals surface area contributed by atoms with E-state index in [4.69, 9.17) is 18.0 Å². The predicted octanol–water partition coefficient (Wildman–Crippen LogP) is 2.90. The van der Waals surface area contributed by atoms with Gasteiger partial charge in [0.2, 0.25) is 0 Å². The third-order valence-electron chi connectivity index (χ3n) is 3.43. The molecule has 1 fully saturated rings. The van der Waals surface area contributed by atoms with Gasteiger partial charge in [0.15, 0.2) is 4.32 Å². The molecular weight excluding hydrogens is 344 g/mol. The van der Waals surface area contributed by atoms with E-state index in [-0.39, 0.29) is 17.2 Å². The zero-order valence-electron chi connectivity index (χ0n) is 12.3. The van der Waals surface area contributed by atoms with Crippen molar-refractivity contribution in [3.8, 4) is 5.75 Å². The van der Waals surface area contributed by atoms with E-state index in [9.17, 15) is 14.7 Å². The zero-order chi connectivity index (χ0) is 17.3. The summed E-state index contributed by atoms with van der Waals surface area (Å²) in [6.07, 6.45) is 1.57. The van der Waals surface area contributed by atoms with E-state index in [1.54, 1.807) is 48.5 Å². The SMILES string of the molecule is NC(=O)c1ccccc1N1C(=O)/C(=C/c2ccccc2O)SC1=S. The van der Waals surface area contributed by atoms with Crippen molar-refractivity contribution >= 4 is 51.9 Å². The Morgan fingerprint density at radius 1 is 1.17 bits per heavy atom. The predicted molar refractivity (Wildman–Crippen MR) is 98.7 cm³/mol. The van der Waals surface area contributed by atoms with E-state index in [1.807, 2.05) is 0 Å². The highest BCUT2D eigenvalue weighted by Gasteiger charge is 2.35. The number of benzene rings is 2. The van der Waals surface area contributed by atoms with Crippen LogP contribution in [0.2, 0.25) is 0 Å². The molecule has 0 atom stereocenters. The number of phenolic OH excluding ortho intramolecular Hbond substituents is 1. The number of nitrogens with zero attached hydrogens (tertiary/aromatic N) is 1. The minimum atomic E-state index is -0.635. The molecule has 1 saturated heterocycles. The third kappa shape index (κ3) is 2.91. The topological polar surface area (TPSA) is 83.6 Å². The lowest BCUT2D eigenvalue weighted by atomic mass is 10.1. The maximum absolute atomic E-state index is 12.7. The highest BCUT2D eigenvalue weighted by atomic mass is 32.2. The molecule has 5 nitrogen and oxygen atoms in total. The monoisotopic (exact) mass is 356 g/mol. The number of thioether (sulfide) groups is 1. The van der Waals surface area contributed by atoms with Crippen molar-refractivity contribution in [2.75, 3.05) is 4.90 Å². The third-order valence-corrected chi connectivity index (χ3v) is 4.73. The van der Waals surface area contributed by atoms with Crippen LogP contribution in [0.15, 0.2) is 53.4 Å². The molecule has 1 heterocycles. The van der Waals surface area contributed by atoms with Crippen LogP contribution in [-0.2, 0) is 4.79 Å². The Morgan fingerprint density at radius 2 is 1.83 bits per heavy atom. The van der Waals surface area contributed by atoms with Gasteiger partial charge in [-0.3, -0.25) is 14.5 Å². The Morgan fingerprint density at radius 3 is 2.54 bits per heavy atom. The van der Waals surface area contributed by atoms with Gasteiger partial charge in [-0.25, -0.2) is 0 Å². The van der Waals surface area contributed by atoms with Crippen molar-refractivity contribution in [1.82, 2.24) is 0 Å². The number of carbonyl (C=O) groups is 2. The average molecular weight is 356 g/mol. The summed E-state index contributed by atoms with van der Waals surface area (Å²) in [5.41, 5.74) is 6.47. The van der Waals surface area contributed by atoms with E-state index in [0.717, 1.165) is 11.8 Å². The molecule has 1 aliphatic heterocycles. The second-order valence-electron chi connectivity index (χ2n) is 4.96. The maximum atomic E-state index is 12.7. The lowest BCUT2D eigenvalue weighted by molar-refractivity contribution is -0.113. The average Bonchev–Trinajstić information content (AvgIpc) is 2.83. The Labute approximate surface area is 147 Å². The van der Waals surface area contributed by atoms with Crippen molar-refractivity contribution in [3.63, 3.8) is 0 Å². The second kappa shape index (κ2) is 6.46. The van der Waals surface area contributed by atoms with Gasteiger partial charge in [-0.15, -0.1) is 0 Å². The number of hydrogen-bond acceptors (Lipinski definition) is 5. The Hall–Kier alpha value is -2.64. The molecule has 7 heteroatoms. The largest absolute Gasteiger partial charge is 0.507 e. The summed E-state index contributed by atoms with van der Waals surface area (Å²) in [4.78, 5) is 26.0. The highest BCUT2D eigenvalue weighted by molar-refractivity contribution is 8.27. The number of phenols is 1. The van der Waals surface area contributed by atoms with Crippen LogP contribution < -0.4 is 10.6 Å². The van der Waals surface area contributed by atoms with Crippen molar-refractivity contribution in [2.45, 2.75) is 0 Å². The highest BCUT2D eigenvalue weighted by Crippen LogP contribution is 2.38. The summed E-state index contributed by atoms with van der Waals surface area (Å²) in [5, 5.41) is 9.85. The number of aromatic hydroxyl groups is 1. The number of primary amides is 1. The number of carbonyl (C=O) groups excluding carboxylic acids is 2. The summed E-state index contributed by atoms with van der Waals surface area (Å²) in [7, 11) is 0. The lowest BCUT2D eigenvalue weighted by Gasteiger charge is -2.17. The minimum absolute atomic E-state index is 0.0697. The van der Waals surface area contributed by atoms with Crippen LogP contribution in [0, 0.1) is 0 Å². The van der Waals surface area contributed by atoms with Gasteiger partial charge < -0.3 is 10.8 Å². The van der Waals surface area contributed by atoms with Crippen LogP contribution in [0.4, 0.5) is 5.69 Å². The number of rotatable bonds is 3. The molecule has 0 bridgehead atoms. The Bertz CT molecular complexity index is 893. The standard InChI is InChI=1S/C17H12N2O3S2/c18-15(21)11-6-2-3-7-12(11)19-16(22)14(24-17(19)23)9-10-5-1-4-8-13(10)20/h1-9,20H,(H2,18,21)/b14-9-. The van der Waals surface area contributed by atoms with E-state index >= 15 is 0 Å². The first-order valence-electron chi connectivity index (χ1n) is 6.94. The molecule has 3 rings (SSSR count). The van der Waals surface area contributed by atoms with Crippen molar-refractivity contribution in [2.24, 2.45) is 5.73 Å². The molecule has 120 valence electrons. The maximum Gasteiger partial charge on any atom is 0.270 e. The number of nitrogens with two attached hydrogens (primary N) is 1. The van der Waals surface area contributed by atoms with Gasteiger partial charge in [-0.05, 0) is 24.3 Å². The number of para-hydroxylation sites is 2. The van der Waals surface area contributed by atoms with Crippen LogP contribution in [-0.4, -0.2) is 21.2 Å². The fourth-order valence-corrected chi connectivity index (χ4v) is 3.58. The van der Waals surface area contributed by atoms with Crippen molar-refractivity contribution < 1.29 is 14.7 Å². The molecule has 2 amide bonds. The molecule has 0 radical (unpaired) electrons. The molecule has 0 aliphatic carbocycles. The van der Waals surface area contributed by atoms with E-state index in [0.29, 0.717) is 20.5 Å². The van der Waals surface area contributed by atoms with Crippen molar-refractivity contribution in [1.29, 1.82) is 0 Å². The first kappa shape index (κ1) is 16.2. The number of anilines is 1. The molecule has 1 aliphatic rings. The summed E-state index contributed by atoms with van der Waals surface area (Å²) in [6.45, 7) is 0. The van der Waals surface area contributed by atoms with Gasteiger partial charge in [0.1, 0.15) is 5.75 Å². The molecule has 24 heavy (non-hydrogen) atoms. The van der Waals surface area contributed by atoms with Crippen LogP contribution in [0.5, 0.6) is 5.75 Å².